The Morgan fingerprint density at radius 1 is 1.35 bits per heavy atom. The maximum absolute atomic E-state index is 12.2. The van der Waals surface area contributed by atoms with E-state index in [1.807, 2.05) is 24.5 Å². The zero-order valence-electron chi connectivity index (χ0n) is 12.6. The van der Waals surface area contributed by atoms with E-state index in [1.54, 1.807) is 6.07 Å². The molecule has 0 saturated heterocycles. The summed E-state index contributed by atoms with van der Waals surface area (Å²) in [6, 6.07) is 10.3. The first kappa shape index (κ1) is 16.8. The molecule has 0 saturated carbocycles. The van der Waals surface area contributed by atoms with Gasteiger partial charge in [-0.05, 0) is 47.4 Å². The number of benzene rings is 1. The minimum absolute atomic E-state index is 0.0432. The molecule has 120 valence electrons. The van der Waals surface area contributed by atoms with Crippen LogP contribution in [0.3, 0.4) is 0 Å². The first-order valence-electron chi connectivity index (χ1n) is 6.73. The van der Waals surface area contributed by atoms with Crippen LogP contribution in [-0.2, 0) is 4.79 Å². The molecule has 1 heterocycles. The zero-order valence-corrected chi connectivity index (χ0v) is 13.4. The highest BCUT2D eigenvalue weighted by Gasteiger charge is 2.22. The number of thioether (sulfide) groups is 1. The second-order valence-electron chi connectivity index (χ2n) is 4.53. The van der Waals surface area contributed by atoms with Gasteiger partial charge in [0.25, 0.3) is 5.91 Å². The molecule has 1 atom stereocenters. The van der Waals surface area contributed by atoms with Crippen LogP contribution in [0.5, 0.6) is 5.75 Å². The van der Waals surface area contributed by atoms with E-state index in [0.717, 1.165) is 4.90 Å². The van der Waals surface area contributed by atoms with Crippen molar-refractivity contribution in [1.82, 2.24) is 4.98 Å². The molecule has 8 heteroatoms. The summed E-state index contributed by atoms with van der Waals surface area (Å²) >= 11 is 1.50. The molecule has 0 aliphatic heterocycles. The van der Waals surface area contributed by atoms with Gasteiger partial charge in [-0.2, -0.15) is 0 Å². The number of pyridine rings is 1. The Balaban J connectivity index is 2.10. The van der Waals surface area contributed by atoms with Gasteiger partial charge in [0, 0.05) is 4.90 Å². The summed E-state index contributed by atoms with van der Waals surface area (Å²) < 4.78 is 5.39. The molecule has 0 unspecified atom stereocenters. The van der Waals surface area contributed by atoms with Crippen LogP contribution in [0, 0.1) is 10.1 Å². The maximum atomic E-state index is 12.2. The molecule has 0 spiro atoms. The van der Waals surface area contributed by atoms with Gasteiger partial charge in [0.1, 0.15) is 6.20 Å². The number of nitrogens with zero attached hydrogens (tertiary/aromatic N) is 2. The number of ether oxygens (including phenoxy) is 1. The van der Waals surface area contributed by atoms with Crippen LogP contribution in [0.4, 0.5) is 11.5 Å². The lowest BCUT2D eigenvalue weighted by molar-refractivity contribution is -0.390. The van der Waals surface area contributed by atoms with Crippen LogP contribution in [0.1, 0.15) is 6.92 Å². The second-order valence-corrected chi connectivity index (χ2v) is 5.38. The quantitative estimate of drug-likeness (QED) is 0.496. The first-order chi connectivity index (χ1) is 11.0. The van der Waals surface area contributed by atoms with E-state index in [0.29, 0.717) is 5.69 Å². The second kappa shape index (κ2) is 7.59. The van der Waals surface area contributed by atoms with Crippen LogP contribution in [0.2, 0.25) is 0 Å². The van der Waals surface area contributed by atoms with Crippen molar-refractivity contribution in [3.8, 4) is 5.75 Å². The van der Waals surface area contributed by atoms with Crippen molar-refractivity contribution in [2.24, 2.45) is 0 Å². The van der Waals surface area contributed by atoms with Crippen molar-refractivity contribution in [1.29, 1.82) is 0 Å². The summed E-state index contributed by atoms with van der Waals surface area (Å²) in [5, 5.41) is 13.7. The highest BCUT2D eigenvalue weighted by Crippen LogP contribution is 2.26. The van der Waals surface area contributed by atoms with Crippen LogP contribution < -0.4 is 10.1 Å². The lowest BCUT2D eigenvalue weighted by Gasteiger charge is -2.15. The van der Waals surface area contributed by atoms with Crippen molar-refractivity contribution < 1.29 is 14.5 Å². The number of hydrogen-bond acceptors (Lipinski definition) is 6. The molecule has 1 N–H and O–H groups in total. The Kier molecular flexibility index (Phi) is 5.53. The largest absolute Gasteiger partial charge is 0.473 e. The number of carbonyl (C=O) groups is 1. The molecule has 1 amide bonds. The lowest BCUT2D eigenvalue weighted by Crippen LogP contribution is -2.30. The minimum atomic E-state index is -0.909. The van der Waals surface area contributed by atoms with Gasteiger partial charge in [0.05, 0.1) is 5.69 Å². The van der Waals surface area contributed by atoms with Crippen LogP contribution in [0.15, 0.2) is 47.5 Å². The van der Waals surface area contributed by atoms with Gasteiger partial charge >= 0.3 is 5.82 Å². The molecular formula is C15H15N3O4S. The van der Waals surface area contributed by atoms with Crippen molar-refractivity contribution in [2.45, 2.75) is 17.9 Å². The Morgan fingerprint density at radius 2 is 2.09 bits per heavy atom. The van der Waals surface area contributed by atoms with E-state index in [1.165, 1.54) is 37.0 Å². The van der Waals surface area contributed by atoms with Crippen LogP contribution in [0.25, 0.3) is 0 Å². The summed E-state index contributed by atoms with van der Waals surface area (Å²) in [5.41, 5.74) is 0.668. The number of aromatic nitrogens is 1. The van der Waals surface area contributed by atoms with Crippen molar-refractivity contribution in [3.05, 3.63) is 52.7 Å². The van der Waals surface area contributed by atoms with E-state index in [-0.39, 0.29) is 5.75 Å². The third-order valence-electron chi connectivity index (χ3n) is 2.96. The highest BCUT2D eigenvalue weighted by atomic mass is 32.2. The summed E-state index contributed by atoms with van der Waals surface area (Å²) in [5.74, 6) is -0.861. The molecule has 1 aromatic heterocycles. The monoisotopic (exact) mass is 333 g/mol. The Hall–Kier alpha value is -2.61. The molecule has 0 aliphatic rings. The molecule has 0 radical (unpaired) electrons. The van der Waals surface area contributed by atoms with E-state index in [9.17, 15) is 14.9 Å². The van der Waals surface area contributed by atoms with Gasteiger partial charge in [0.15, 0.2) is 6.10 Å². The Labute approximate surface area is 137 Å². The number of hydrogen-bond donors (Lipinski definition) is 1. The fraction of sp³-hybridized carbons (Fsp3) is 0.200. The number of nitro groups is 1. The number of anilines is 1. The SMILES string of the molecule is CSc1ccccc1NC(=O)[C@H](C)Oc1cccnc1[N+](=O)[O-]. The number of para-hydroxylation sites is 1. The zero-order chi connectivity index (χ0) is 16.8. The normalized spacial score (nSPS) is 11.6. The fourth-order valence-electron chi connectivity index (χ4n) is 1.84. The van der Waals surface area contributed by atoms with Gasteiger partial charge in [0.2, 0.25) is 5.75 Å². The lowest BCUT2D eigenvalue weighted by atomic mass is 10.3. The maximum Gasteiger partial charge on any atom is 0.406 e. The number of nitrogens with one attached hydrogen (secondary N) is 1. The molecule has 7 nitrogen and oxygen atoms in total. The highest BCUT2D eigenvalue weighted by molar-refractivity contribution is 7.98. The average molecular weight is 333 g/mol. The number of carbonyl (C=O) groups excluding carboxylic acids is 1. The fourth-order valence-corrected chi connectivity index (χ4v) is 2.39. The number of rotatable bonds is 6. The number of amides is 1. The van der Waals surface area contributed by atoms with E-state index < -0.39 is 22.8 Å². The van der Waals surface area contributed by atoms with Gasteiger partial charge in [-0.1, -0.05) is 12.1 Å². The summed E-state index contributed by atoms with van der Waals surface area (Å²) in [6.07, 6.45) is 2.29. The van der Waals surface area contributed by atoms with Crippen molar-refractivity contribution in [2.75, 3.05) is 11.6 Å². The molecule has 2 aromatic rings. The third kappa shape index (κ3) is 4.19. The molecule has 2 rings (SSSR count). The topological polar surface area (TPSA) is 94.4 Å². The first-order valence-corrected chi connectivity index (χ1v) is 7.95. The standard InChI is InChI=1S/C15H15N3O4S/c1-10(22-12-7-5-9-16-14(12)18(20)21)15(19)17-11-6-3-4-8-13(11)23-2/h3-10H,1-2H3,(H,17,19)/t10-/m0/s1. The van der Waals surface area contributed by atoms with Crippen molar-refractivity contribution in [3.63, 3.8) is 0 Å². The van der Waals surface area contributed by atoms with E-state index in [4.69, 9.17) is 4.74 Å². The molecule has 1 aromatic carbocycles. The van der Waals surface area contributed by atoms with Gasteiger partial charge < -0.3 is 20.2 Å². The van der Waals surface area contributed by atoms with Gasteiger partial charge in [-0.3, -0.25) is 4.79 Å². The average Bonchev–Trinajstić information content (AvgIpc) is 2.55. The third-order valence-corrected chi connectivity index (χ3v) is 3.76. The minimum Gasteiger partial charge on any atom is -0.473 e. The van der Waals surface area contributed by atoms with Gasteiger partial charge in [-0.15, -0.1) is 11.8 Å². The summed E-state index contributed by atoms with van der Waals surface area (Å²) in [4.78, 5) is 27.0. The van der Waals surface area contributed by atoms with E-state index in [2.05, 4.69) is 10.3 Å². The Morgan fingerprint density at radius 3 is 2.78 bits per heavy atom. The predicted octanol–water partition coefficient (Wildman–Crippen LogP) is 3.12. The molecule has 23 heavy (non-hydrogen) atoms. The summed E-state index contributed by atoms with van der Waals surface area (Å²) in [7, 11) is 0. The Bertz CT molecular complexity index is 723. The smallest absolute Gasteiger partial charge is 0.406 e. The molecule has 0 bridgehead atoms. The summed E-state index contributed by atoms with van der Waals surface area (Å²) in [6.45, 7) is 1.52. The molecular weight excluding hydrogens is 318 g/mol. The van der Waals surface area contributed by atoms with Crippen LogP contribution in [-0.4, -0.2) is 28.2 Å². The van der Waals surface area contributed by atoms with Crippen molar-refractivity contribution >= 4 is 29.2 Å². The molecule has 0 aliphatic carbocycles. The van der Waals surface area contributed by atoms with E-state index >= 15 is 0 Å². The molecule has 0 fully saturated rings. The van der Waals surface area contributed by atoms with Gasteiger partial charge in [-0.25, -0.2) is 0 Å². The predicted molar refractivity (Wildman–Crippen MR) is 87.8 cm³/mol. The van der Waals surface area contributed by atoms with Crippen LogP contribution >= 0.6 is 11.8 Å².